The van der Waals surface area contributed by atoms with Crippen LogP contribution in [-0.2, 0) is 0 Å². The minimum atomic E-state index is 0.160. The van der Waals surface area contributed by atoms with Crippen molar-refractivity contribution in [1.82, 2.24) is 0 Å². The molecule has 0 aromatic heterocycles. The third kappa shape index (κ3) is 1.39. The van der Waals surface area contributed by atoms with Gasteiger partial charge in [-0.2, -0.15) is 0 Å². The van der Waals surface area contributed by atoms with Gasteiger partial charge in [0.25, 0.3) is 0 Å². The van der Waals surface area contributed by atoms with Crippen molar-refractivity contribution in [2.24, 2.45) is 20.7 Å². The Morgan fingerprint density at radius 3 is 2.91 bits per heavy atom. The molecule has 0 radical (unpaired) electrons. The Hall–Kier alpha value is -1.75. The molecule has 1 aliphatic heterocycles. The monoisotopic (exact) mass is 152 g/mol. The fourth-order valence-electron chi connectivity index (χ4n) is 0.574. The van der Waals surface area contributed by atoms with E-state index in [1.807, 2.05) is 13.8 Å². The highest BCUT2D eigenvalue weighted by molar-refractivity contribution is 5.83. The summed E-state index contributed by atoms with van der Waals surface area (Å²) in [6.45, 7) is 3.62. The van der Waals surface area contributed by atoms with E-state index in [2.05, 4.69) is 25.6 Å². The van der Waals surface area contributed by atoms with E-state index >= 15 is 0 Å². The van der Waals surface area contributed by atoms with Crippen LogP contribution in [0.4, 0.5) is 0 Å². The van der Waals surface area contributed by atoms with Crippen LogP contribution in [0.3, 0.4) is 0 Å². The summed E-state index contributed by atoms with van der Waals surface area (Å²) < 4.78 is 1.36. The summed E-state index contributed by atoms with van der Waals surface area (Å²) in [5.74, 6) is 0.160. The van der Waals surface area contributed by atoms with Crippen molar-refractivity contribution < 1.29 is 4.68 Å². The molecule has 0 aliphatic carbocycles. The highest BCUT2D eigenvalue weighted by atomic mass is 15.7. The number of nitrogens with zero attached hydrogens (tertiary/aromatic N) is 7. The summed E-state index contributed by atoms with van der Waals surface area (Å²) in [5, 5.41) is 13.7. The fraction of sp³-hybridized carbons (Fsp3) is 0.500. The zero-order valence-corrected chi connectivity index (χ0v) is 6.13. The number of rotatable bonds is 0. The van der Waals surface area contributed by atoms with E-state index in [9.17, 15) is 0 Å². The first-order valence-corrected chi connectivity index (χ1v) is 2.89. The topological polar surface area (TPSA) is 88.8 Å². The van der Waals surface area contributed by atoms with Gasteiger partial charge in [-0.05, 0) is 19.4 Å². The van der Waals surface area contributed by atoms with E-state index in [1.165, 1.54) is 4.68 Å². The minimum absolute atomic E-state index is 0.160. The van der Waals surface area contributed by atoms with Crippen LogP contribution in [0.5, 0.6) is 0 Å². The van der Waals surface area contributed by atoms with E-state index in [0.717, 1.165) is 5.71 Å². The lowest BCUT2D eigenvalue weighted by atomic mass is 10.5. The van der Waals surface area contributed by atoms with E-state index in [-0.39, 0.29) is 5.96 Å². The van der Waals surface area contributed by atoms with Crippen molar-refractivity contribution in [3.63, 3.8) is 0 Å². The highest BCUT2D eigenvalue weighted by Crippen LogP contribution is 1.99. The van der Waals surface area contributed by atoms with Gasteiger partial charge in [-0.3, -0.25) is 0 Å². The van der Waals surface area contributed by atoms with Crippen molar-refractivity contribution in [2.45, 2.75) is 13.8 Å². The number of hydrogen-bond donors (Lipinski definition) is 0. The van der Waals surface area contributed by atoms with E-state index in [0.29, 0.717) is 0 Å². The van der Waals surface area contributed by atoms with Gasteiger partial charge in [-0.15, -0.1) is 4.68 Å². The Labute approximate surface area is 62.3 Å². The highest BCUT2D eigenvalue weighted by Gasteiger charge is 2.16. The van der Waals surface area contributed by atoms with Crippen molar-refractivity contribution in [1.29, 1.82) is 0 Å². The molecule has 0 atom stereocenters. The maximum Gasteiger partial charge on any atom is 0.357 e. The van der Waals surface area contributed by atoms with Crippen LogP contribution in [-0.4, -0.2) is 16.4 Å². The van der Waals surface area contributed by atoms with Crippen LogP contribution in [0.1, 0.15) is 13.8 Å². The molecule has 0 fully saturated rings. The first-order valence-electron chi connectivity index (χ1n) is 2.89. The quantitative estimate of drug-likeness (QED) is 0.217. The Kier molecular flexibility index (Phi) is 1.93. The Morgan fingerprint density at radius 2 is 2.36 bits per heavy atom. The number of guanidine groups is 1. The molecule has 0 saturated carbocycles. The predicted molar refractivity (Wildman–Crippen MR) is 38.1 cm³/mol. The van der Waals surface area contributed by atoms with Crippen molar-refractivity contribution in [3.05, 3.63) is 10.4 Å². The maximum atomic E-state index is 8.08. The molecule has 0 saturated heterocycles. The molecule has 0 aromatic rings. The second-order valence-electron chi connectivity index (χ2n) is 2.03. The molecule has 0 spiro atoms. The van der Waals surface area contributed by atoms with Crippen LogP contribution in [0.15, 0.2) is 20.7 Å². The summed E-state index contributed by atoms with van der Waals surface area (Å²) >= 11 is 0. The van der Waals surface area contributed by atoms with Crippen molar-refractivity contribution >= 4 is 11.7 Å². The normalized spacial score (nSPS) is 14.4. The van der Waals surface area contributed by atoms with Gasteiger partial charge >= 0.3 is 5.96 Å². The summed E-state index contributed by atoms with van der Waals surface area (Å²) in [6, 6.07) is 0. The predicted octanol–water partition coefficient (Wildman–Crippen LogP) is 1.44. The SMILES string of the molecule is CC(C)=[N+]1N=NN=C1N=[N+]=[N-]. The number of hydrogen-bond acceptors (Lipinski definition) is 4. The van der Waals surface area contributed by atoms with Gasteiger partial charge in [0.15, 0.2) is 5.22 Å². The van der Waals surface area contributed by atoms with Crippen LogP contribution in [0.2, 0.25) is 0 Å². The van der Waals surface area contributed by atoms with Gasteiger partial charge in [-0.1, -0.05) is 0 Å². The first-order chi connectivity index (χ1) is 5.25. The minimum Gasteiger partial charge on any atom is -0.126 e. The molecule has 0 bridgehead atoms. The molecule has 0 unspecified atom stereocenters. The van der Waals surface area contributed by atoms with Crippen LogP contribution < -0.4 is 0 Å². The average Bonchev–Trinajstić information content (AvgIpc) is 2.36. The Balaban J connectivity index is 3.04. The molecule has 0 N–H and O–H groups in total. The molecule has 7 nitrogen and oxygen atoms in total. The van der Waals surface area contributed by atoms with Crippen LogP contribution in [0.25, 0.3) is 10.4 Å². The van der Waals surface area contributed by atoms with Gasteiger partial charge in [0.05, 0.1) is 16.0 Å². The fourth-order valence-corrected chi connectivity index (χ4v) is 0.574. The first kappa shape index (κ1) is 7.36. The molecule has 1 rings (SSSR count). The summed E-state index contributed by atoms with van der Waals surface area (Å²) in [6.07, 6.45) is 0. The average molecular weight is 152 g/mol. The lowest BCUT2D eigenvalue weighted by Crippen LogP contribution is -2.14. The second kappa shape index (κ2) is 2.89. The smallest absolute Gasteiger partial charge is 0.126 e. The van der Waals surface area contributed by atoms with Gasteiger partial charge in [0, 0.05) is 10.0 Å². The zero-order valence-electron chi connectivity index (χ0n) is 6.13. The van der Waals surface area contributed by atoms with Gasteiger partial charge in [0.1, 0.15) is 0 Å². The zero-order chi connectivity index (χ0) is 8.27. The summed E-state index contributed by atoms with van der Waals surface area (Å²) in [4.78, 5) is 2.57. The molecule has 1 aliphatic rings. The van der Waals surface area contributed by atoms with Gasteiger partial charge in [-0.25, -0.2) is 0 Å². The molecule has 7 heteroatoms. The molecule has 11 heavy (non-hydrogen) atoms. The second-order valence-corrected chi connectivity index (χ2v) is 2.03. The summed E-state index contributed by atoms with van der Waals surface area (Å²) in [7, 11) is 0. The molecular weight excluding hydrogens is 146 g/mol. The van der Waals surface area contributed by atoms with Crippen LogP contribution >= 0.6 is 0 Å². The lowest BCUT2D eigenvalue weighted by molar-refractivity contribution is -0.418. The van der Waals surface area contributed by atoms with E-state index in [1.54, 1.807) is 0 Å². The van der Waals surface area contributed by atoms with Gasteiger partial charge in [0.2, 0.25) is 0 Å². The third-order valence-corrected chi connectivity index (χ3v) is 1.01. The van der Waals surface area contributed by atoms with E-state index in [4.69, 9.17) is 5.53 Å². The standard InChI is InChI=1S/C4H6N7/c1-3(2)11-4(6-8-5)7-9-10-11/h1-2H3/q+1. The van der Waals surface area contributed by atoms with Crippen molar-refractivity contribution in [2.75, 3.05) is 0 Å². The molecule has 0 amide bonds. The Morgan fingerprint density at radius 1 is 1.64 bits per heavy atom. The van der Waals surface area contributed by atoms with Gasteiger partial charge < -0.3 is 0 Å². The Bertz CT molecular complexity index is 298. The van der Waals surface area contributed by atoms with E-state index < -0.39 is 0 Å². The maximum absolute atomic E-state index is 8.08. The molecule has 56 valence electrons. The number of azide groups is 1. The molecule has 1 heterocycles. The van der Waals surface area contributed by atoms with Crippen molar-refractivity contribution in [3.8, 4) is 0 Å². The third-order valence-electron chi connectivity index (χ3n) is 1.01. The largest absolute Gasteiger partial charge is 0.357 e. The van der Waals surface area contributed by atoms with Crippen LogP contribution in [0, 0.1) is 0 Å². The summed E-state index contributed by atoms with van der Waals surface area (Å²) in [5.41, 5.74) is 8.93. The molecule has 0 aromatic carbocycles. The molecular formula is C4H6N7+. The lowest BCUT2D eigenvalue weighted by Gasteiger charge is -1.91.